The van der Waals surface area contributed by atoms with Crippen molar-refractivity contribution in [2.24, 2.45) is 0 Å². The summed E-state index contributed by atoms with van der Waals surface area (Å²) in [6.07, 6.45) is 0. The molecule has 2 rings (SSSR count). The summed E-state index contributed by atoms with van der Waals surface area (Å²) in [6, 6.07) is 10.6. The van der Waals surface area contributed by atoms with Gasteiger partial charge in [-0.05, 0) is 12.1 Å². The van der Waals surface area contributed by atoms with Gasteiger partial charge in [0, 0.05) is 17.8 Å². The van der Waals surface area contributed by atoms with Gasteiger partial charge in [-0.2, -0.15) is 0 Å². The van der Waals surface area contributed by atoms with E-state index in [1.807, 2.05) is 30.3 Å². The molecule has 0 amide bonds. The first-order valence-corrected chi connectivity index (χ1v) is 6.39. The van der Waals surface area contributed by atoms with Crippen LogP contribution in [0.3, 0.4) is 0 Å². The Morgan fingerprint density at radius 1 is 0.800 bits per heavy atom. The van der Waals surface area contributed by atoms with Gasteiger partial charge in [-0.1, -0.05) is 18.2 Å². The van der Waals surface area contributed by atoms with E-state index < -0.39 is 44.3 Å². The first-order chi connectivity index (χ1) is 11.7. The highest BCUT2D eigenvalue weighted by Crippen LogP contribution is 2.30. The Kier molecular flexibility index (Phi) is 6.09. The van der Waals surface area contributed by atoms with Crippen molar-refractivity contribution in [1.82, 2.24) is 0 Å². The number of hydrogen-bond donors (Lipinski definition) is 3. The summed E-state index contributed by atoms with van der Waals surface area (Å²) in [6.45, 7) is 0. The highest BCUT2D eigenvalue weighted by molar-refractivity contribution is 6.07. The van der Waals surface area contributed by atoms with Crippen molar-refractivity contribution >= 4 is 29.0 Å². The molecule has 0 saturated heterocycles. The third kappa shape index (κ3) is 4.72. The molecule has 0 saturated carbocycles. The molecule has 0 aliphatic heterocycles. The molecule has 11 heteroatoms. The predicted molar refractivity (Wildman–Crippen MR) is 84.5 cm³/mol. The number of carboxylic acid groups (broad SMARTS) is 2. The van der Waals surface area contributed by atoms with Crippen LogP contribution in [-0.2, 0) is 0 Å². The number of nitro benzene ring substituents is 2. The number of anilines is 1. The lowest BCUT2D eigenvalue weighted by atomic mass is 10.0. The van der Waals surface area contributed by atoms with Crippen LogP contribution in [0, 0.1) is 20.2 Å². The Balaban J connectivity index is 0.000000370. The van der Waals surface area contributed by atoms with Gasteiger partial charge >= 0.3 is 11.9 Å². The average molecular weight is 349 g/mol. The second-order valence-electron chi connectivity index (χ2n) is 4.39. The molecule has 0 fully saturated rings. The minimum atomic E-state index is -1.93. The molecule has 4 N–H and O–H groups in total. The van der Waals surface area contributed by atoms with Crippen LogP contribution in [0.2, 0.25) is 0 Å². The van der Waals surface area contributed by atoms with E-state index in [0.29, 0.717) is 12.1 Å². The molecule has 0 unspecified atom stereocenters. The van der Waals surface area contributed by atoms with Gasteiger partial charge in [-0.25, -0.2) is 9.59 Å². The minimum Gasteiger partial charge on any atom is -0.477 e. The molecule has 0 heterocycles. The number of nitrogen functional groups attached to an aromatic ring is 1. The van der Waals surface area contributed by atoms with E-state index in [1.165, 1.54) is 0 Å². The molecule has 0 aromatic heterocycles. The van der Waals surface area contributed by atoms with Crippen molar-refractivity contribution in [3.8, 4) is 0 Å². The molecule has 0 aliphatic carbocycles. The van der Waals surface area contributed by atoms with Crippen molar-refractivity contribution < 1.29 is 29.6 Å². The van der Waals surface area contributed by atoms with Crippen LogP contribution in [0.25, 0.3) is 0 Å². The molecular weight excluding hydrogens is 338 g/mol. The Bertz CT molecular complexity index is 784. The Morgan fingerprint density at radius 3 is 1.36 bits per heavy atom. The van der Waals surface area contributed by atoms with Gasteiger partial charge in [-0.15, -0.1) is 0 Å². The smallest absolute Gasteiger partial charge is 0.343 e. The van der Waals surface area contributed by atoms with Crippen LogP contribution in [0.5, 0.6) is 0 Å². The Morgan fingerprint density at radius 2 is 1.16 bits per heavy atom. The quantitative estimate of drug-likeness (QED) is 0.422. The fourth-order valence-corrected chi connectivity index (χ4v) is 1.77. The maximum absolute atomic E-state index is 10.8. The van der Waals surface area contributed by atoms with Crippen molar-refractivity contribution in [1.29, 1.82) is 0 Å². The number of carbonyl (C=O) groups is 2. The van der Waals surface area contributed by atoms with Gasteiger partial charge < -0.3 is 15.9 Å². The second-order valence-corrected chi connectivity index (χ2v) is 4.39. The third-order valence-corrected chi connectivity index (χ3v) is 2.78. The molecule has 11 nitrogen and oxygen atoms in total. The topological polar surface area (TPSA) is 187 Å². The van der Waals surface area contributed by atoms with Crippen LogP contribution in [0.4, 0.5) is 17.1 Å². The third-order valence-electron chi connectivity index (χ3n) is 2.78. The molecule has 130 valence electrons. The van der Waals surface area contributed by atoms with Crippen molar-refractivity contribution in [3.63, 3.8) is 0 Å². The standard InChI is InChI=1S/C8H4N2O8.C6H7N/c11-7(12)5-3(9(15)16)1-2-4(10(17)18)6(5)8(13)14;7-6-4-2-1-3-5-6/h1-2H,(H,11,12)(H,13,14);1-5H,7H2. The highest BCUT2D eigenvalue weighted by Gasteiger charge is 2.34. The number of benzene rings is 2. The molecule has 2 aromatic rings. The first kappa shape index (κ1) is 19.0. The summed E-state index contributed by atoms with van der Waals surface area (Å²) in [7, 11) is 0. The van der Waals surface area contributed by atoms with Gasteiger partial charge in [0.15, 0.2) is 11.1 Å². The molecule has 0 bridgehead atoms. The summed E-state index contributed by atoms with van der Waals surface area (Å²) in [4.78, 5) is 40.5. The number of para-hydroxylation sites is 1. The molecule has 2 aromatic carbocycles. The molecule has 0 aliphatic rings. The zero-order valence-electron chi connectivity index (χ0n) is 12.4. The maximum atomic E-state index is 10.8. The molecule has 0 radical (unpaired) electrons. The van der Waals surface area contributed by atoms with E-state index in [-0.39, 0.29) is 0 Å². The second kappa shape index (κ2) is 8.01. The Labute approximate surface area is 139 Å². The summed E-state index contributed by atoms with van der Waals surface area (Å²) in [5.74, 6) is -3.86. The van der Waals surface area contributed by atoms with Gasteiger partial charge in [0.1, 0.15) is 0 Å². The van der Waals surface area contributed by atoms with Crippen LogP contribution >= 0.6 is 0 Å². The number of carboxylic acids is 2. The largest absolute Gasteiger partial charge is 0.477 e. The van der Waals surface area contributed by atoms with Crippen LogP contribution < -0.4 is 5.73 Å². The normalized spacial score (nSPS) is 9.44. The van der Waals surface area contributed by atoms with Gasteiger partial charge in [0.25, 0.3) is 11.4 Å². The van der Waals surface area contributed by atoms with Crippen LogP contribution in [0.1, 0.15) is 20.7 Å². The van der Waals surface area contributed by atoms with E-state index in [0.717, 1.165) is 5.69 Å². The number of hydrogen-bond acceptors (Lipinski definition) is 7. The van der Waals surface area contributed by atoms with E-state index in [9.17, 15) is 29.8 Å². The van der Waals surface area contributed by atoms with E-state index in [4.69, 9.17) is 15.9 Å². The van der Waals surface area contributed by atoms with Gasteiger partial charge in [0.2, 0.25) is 0 Å². The number of aromatic carboxylic acids is 2. The number of nitrogens with two attached hydrogens (primary N) is 1. The summed E-state index contributed by atoms with van der Waals surface area (Å²) >= 11 is 0. The van der Waals surface area contributed by atoms with Crippen LogP contribution in [-0.4, -0.2) is 32.0 Å². The van der Waals surface area contributed by atoms with Crippen molar-refractivity contribution in [2.75, 3.05) is 5.73 Å². The number of nitro groups is 2. The molecule has 25 heavy (non-hydrogen) atoms. The van der Waals surface area contributed by atoms with Gasteiger partial charge in [0.05, 0.1) is 9.85 Å². The zero-order valence-corrected chi connectivity index (χ0v) is 12.4. The minimum absolute atomic E-state index is 0.577. The lowest BCUT2D eigenvalue weighted by molar-refractivity contribution is -0.389. The van der Waals surface area contributed by atoms with Crippen molar-refractivity contribution in [2.45, 2.75) is 0 Å². The number of rotatable bonds is 4. The zero-order chi connectivity index (χ0) is 19.1. The maximum Gasteiger partial charge on any atom is 0.343 e. The van der Waals surface area contributed by atoms with E-state index in [1.54, 1.807) is 0 Å². The fourth-order valence-electron chi connectivity index (χ4n) is 1.77. The highest BCUT2D eigenvalue weighted by atomic mass is 16.6. The van der Waals surface area contributed by atoms with Gasteiger partial charge in [-0.3, -0.25) is 20.2 Å². The monoisotopic (exact) mass is 349 g/mol. The molecule has 0 spiro atoms. The summed E-state index contributed by atoms with van der Waals surface area (Å²) in [5, 5.41) is 38.6. The van der Waals surface area contributed by atoms with Crippen molar-refractivity contribution in [3.05, 3.63) is 73.8 Å². The molecular formula is C14H11N3O8. The molecule has 0 atom stereocenters. The lowest BCUT2D eigenvalue weighted by Gasteiger charge is -2.03. The summed E-state index contributed by atoms with van der Waals surface area (Å²) in [5.41, 5.74) is 1.69. The summed E-state index contributed by atoms with van der Waals surface area (Å²) < 4.78 is 0. The SMILES string of the molecule is Nc1ccccc1.O=C(O)c1c([N+](=O)[O-])ccc([N+](=O)[O-])c1C(=O)O. The van der Waals surface area contributed by atoms with E-state index in [2.05, 4.69) is 0 Å². The fraction of sp³-hybridized carbons (Fsp3) is 0. The van der Waals surface area contributed by atoms with E-state index >= 15 is 0 Å². The number of nitrogens with zero attached hydrogens (tertiary/aromatic N) is 2. The Hall–Kier alpha value is -4.02. The average Bonchev–Trinajstić information content (AvgIpc) is 2.54. The lowest BCUT2D eigenvalue weighted by Crippen LogP contribution is -2.13. The predicted octanol–water partition coefficient (Wildman–Crippen LogP) is 2.17. The first-order valence-electron chi connectivity index (χ1n) is 6.39. The van der Waals surface area contributed by atoms with Crippen LogP contribution in [0.15, 0.2) is 42.5 Å².